The van der Waals surface area contributed by atoms with Crippen LogP contribution < -0.4 is 0 Å². The third kappa shape index (κ3) is 45.7. The summed E-state index contributed by atoms with van der Waals surface area (Å²) < 4.78 is 51.8. The summed E-state index contributed by atoms with van der Waals surface area (Å²) >= 11 is 0. The molecule has 0 saturated heterocycles. The number of nitrogens with zero attached hydrogens (tertiary/aromatic N) is 3. The molecule has 0 bridgehead atoms. The van der Waals surface area contributed by atoms with Crippen LogP contribution in [-0.4, -0.2) is 186 Å². The second-order valence-electron chi connectivity index (χ2n) is 24.4. The number of ether oxygens (including phenoxy) is 4. The zero-order valence-electron chi connectivity index (χ0n) is 61.2. The zero-order valence-corrected chi connectivity index (χ0v) is 63.2. The van der Waals surface area contributed by atoms with E-state index in [1.54, 1.807) is 99.6 Å². The molecular formula is C64H135N3O17Si2. The van der Waals surface area contributed by atoms with Crippen molar-refractivity contribution in [3.8, 4) is 0 Å². The summed E-state index contributed by atoms with van der Waals surface area (Å²) in [4.78, 5) is 83.1. The highest BCUT2D eigenvalue weighted by Gasteiger charge is 2.38. The van der Waals surface area contributed by atoms with Gasteiger partial charge in [0.05, 0.1) is 49.1 Å². The van der Waals surface area contributed by atoms with E-state index in [0.29, 0.717) is 25.7 Å². The van der Waals surface area contributed by atoms with Crippen LogP contribution in [0.15, 0.2) is 0 Å². The van der Waals surface area contributed by atoms with Gasteiger partial charge in [-0.05, 0) is 120 Å². The molecule has 0 heterocycles. The van der Waals surface area contributed by atoms with Gasteiger partial charge in [-0.15, -0.1) is 0 Å². The van der Waals surface area contributed by atoms with Gasteiger partial charge in [0.1, 0.15) is 0 Å². The predicted octanol–water partition coefficient (Wildman–Crippen LogP) is 13.0. The molecule has 3 amide bonds. The standard InChI is InChI=1S/C17H36O5Si.C12H26O5Si.3C7H15NO.2C7H14O2/c1-7-17(2,3)16(18)22-14-12-10-8-9-11-13-15-23(19-4,20-5)21-6;1-7-12(2,3)11(13)17-9-8-10-18(14-4,15-5)16-6;3*1-5-6(2)7(9)8(3)4;2*1-5-7(2,3)6(8)9-4/h7-15H2,1-6H3;7-10H2,1-6H3;3*6H,5H2,1-4H3;2*5H2,1-4H3. The molecule has 516 valence electrons. The minimum atomic E-state index is -2.53. The second-order valence-corrected chi connectivity index (χ2v) is 30.6. The van der Waals surface area contributed by atoms with Crippen LogP contribution in [0.4, 0.5) is 0 Å². The van der Waals surface area contributed by atoms with E-state index in [4.69, 9.17) is 36.0 Å². The van der Waals surface area contributed by atoms with Gasteiger partial charge in [0.2, 0.25) is 17.7 Å². The van der Waals surface area contributed by atoms with E-state index in [1.165, 1.54) is 20.6 Å². The van der Waals surface area contributed by atoms with Crippen molar-refractivity contribution < 1.29 is 79.1 Å². The number of hydrogen-bond donors (Lipinski definition) is 0. The first kappa shape index (κ1) is 96.1. The molecule has 0 fully saturated rings. The van der Waals surface area contributed by atoms with Crippen molar-refractivity contribution in [1.29, 1.82) is 0 Å². The number of esters is 4. The number of unbranched alkanes of at least 4 members (excludes halogenated alkanes) is 5. The van der Waals surface area contributed by atoms with Gasteiger partial charge in [-0.3, -0.25) is 33.6 Å². The van der Waals surface area contributed by atoms with E-state index in [-0.39, 0.29) is 75.6 Å². The van der Waals surface area contributed by atoms with E-state index in [2.05, 4.69) is 9.47 Å². The lowest BCUT2D eigenvalue weighted by molar-refractivity contribution is -0.155. The average molecular weight is 1270 g/mol. The topological polar surface area (TPSA) is 222 Å². The summed E-state index contributed by atoms with van der Waals surface area (Å²) in [5.41, 5.74) is -1.40. The van der Waals surface area contributed by atoms with Crippen molar-refractivity contribution in [2.24, 2.45) is 39.4 Å². The maximum atomic E-state index is 11.8. The third-order valence-corrected chi connectivity index (χ3v) is 21.0. The maximum absolute atomic E-state index is 11.8. The van der Waals surface area contributed by atoms with Crippen LogP contribution >= 0.6 is 0 Å². The van der Waals surface area contributed by atoms with Crippen molar-refractivity contribution in [3.63, 3.8) is 0 Å². The van der Waals surface area contributed by atoms with E-state index in [9.17, 15) is 33.6 Å². The Hall–Kier alpha value is -3.52. The molecular weight excluding hydrogens is 1140 g/mol. The summed E-state index contributed by atoms with van der Waals surface area (Å²) in [5.74, 6) is 0.687. The van der Waals surface area contributed by atoms with Crippen LogP contribution in [0.5, 0.6) is 0 Å². The van der Waals surface area contributed by atoms with Crippen molar-refractivity contribution in [3.05, 3.63) is 0 Å². The highest BCUT2D eigenvalue weighted by Crippen LogP contribution is 2.25. The van der Waals surface area contributed by atoms with Gasteiger partial charge < -0.3 is 60.2 Å². The first-order valence-corrected chi connectivity index (χ1v) is 34.9. The molecule has 0 radical (unpaired) electrons. The monoisotopic (exact) mass is 1270 g/mol. The van der Waals surface area contributed by atoms with Gasteiger partial charge >= 0.3 is 41.5 Å². The van der Waals surface area contributed by atoms with E-state index < -0.39 is 23.0 Å². The molecule has 0 aromatic carbocycles. The largest absolute Gasteiger partial charge is 0.500 e. The Labute approximate surface area is 529 Å². The van der Waals surface area contributed by atoms with Crippen molar-refractivity contribution in [2.45, 2.75) is 227 Å². The summed E-state index contributed by atoms with van der Waals surface area (Å²) in [6.45, 7) is 35.8. The lowest BCUT2D eigenvalue weighted by Gasteiger charge is -2.24. The summed E-state index contributed by atoms with van der Waals surface area (Å²) in [6, 6.07) is 1.50. The Morgan fingerprint density at radius 1 is 0.337 bits per heavy atom. The zero-order chi connectivity index (χ0) is 69.3. The average Bonchev–Trinajstić information content (AvgIpc) is 3.62. The number of hydrogen-bond acceptors (Lipinski definition) is 17. The van der Waals surface area contributed by atoms with E-state index in [0.717, 1.165) is 83.1 Å². The molecule has 0 saturated carbocycles. The van der Waals surface area contributed by atoms with Crippen LogP contribution in [0.2, 0.25) is 12.1 Å². The van der Waals surface area contributed by atoms with Crippen LogP contribution in [-0.2, 0) is 79.1 Å². The minimum absolute atomic E-state index is 0.0833. The molecule has 0 aliphatic heterocycles. The SMILES string of the molecule is CCC(C)(C)C(=O)OC.CCC(C)(C)C(=O)OC.CCC(C)(C)C(=O)OCCCCCCCC[Si](OC)(OC)OC.CCC(C)(C)C(=O)OCCC[Si](OC)(OC)OC.CCC(C)C(=O)N(C)C.CCC(C)C(=O)N(C)C.CCC(C)C(=O)N(C)C. The number of carbonyl (C=O) groups excluding carboxylic acids is 7. The normalized spacial score (nSPS) is 12.3. The molecule has 3 atom stereocenters. The fourth-order valence-electron chi connectivity index (χ4n) is 6.25. The molecule has 0 aliphatic rings. The Kier molecular flexibility index (Phi) is 59.6. The lowest BCUT2D eigenvalue weighted by Crippen LogP contribution is -2.42. The van der Waals surface area contributed by atoms with Crippen LogP contribution in [0, 0.1) is 39.4 Å². The molecule has 0 N–H and O–H groups in total. The van der Waals surface area contributed by atoms with Crippen LogP contribution in [0.3, 0.4) is 0 Å². The second kappa shape index (κ2) is 53.3. The van der Waals surface area contributed by atoms with Gasteiger partial charge in [-0.25, -0.2) is 0 Å². The Morgan fingerprint density at radius 3 is 0.733 bits per heavy atom. The molecule has 0 rings (SSSR count). The van der Waals surface area contributed by atoms with E-state index >= 15 is 0 Å². The highest BCUT2D eigenvalue weighted by molar-refractivity contribution is 6.60. The molecule has 20 nitrogen and oxygen atoms in total. The van der Waals surface area contributed by atoms with Crippen molar-refractivity contribution in [2.75, 3.05) is 112 Å². The van der Waals surface area contributed by atoms with Crippen molar-refractivity contribution >= 4 is 59.2 Å². The molecule has 3 unspecified atom stereocenters. The first-order valence-electron chi connectivity index (χ1n) is 31.1. The fraction of sp³-hybridized carbons (Fsp3) is 0.891. The Balaban J connectivity index is -0.000000177. The van der Waals surface area contributed by atoms with Gasteiger partial charge in [0.25, 0.3) is 0 Å². The highest BCUT2D eigenvalue weighted by atomic mass is 28.4. The van der Waals surface area contributed by atoms with Gasteiger partial charge in [-0.1, -0.05) is 94.9 Å². The van der Waals surface area contributed by atoms with Gasteiger partial charge in [0.15, 0.2) is 0 Å². The smallest absolute Gasteiger partial charge is 0.469 e. The van der Waals surface area contributed by atoms with Gasteiger partial charge in [0, 0.05) is 115 Å². The van der Waals surface area contributed by atoms with E-state index in [1.807, 2.05) is 125 Å². The number of amides is 3. The molecule has 86 heavy (non-hydrogen) atoms. The third-order valence-electron chi connectivity index (χ3n) is 15.4. The number of rotatable bonds is 33. The molecule has 0 aromatic heterocycles. The van der Waals surface area contributed by atoms with Crippen molar-refractivity contribution in [1.82, 2.24) is 14.7 Å². The summed E-state index contributed by atoms with van der Waals surface area (Å²) in [7, 11) is 18.3. The van der Waals surface area contributed by atoms with Crippen LogP contribution in [0.1, 0.15) is 215 Å². The number of carbonyl (C=O) groups is 7. The first-order chi connectivity index (χ1) is 39.6. The quantitative estimate of drug-likeness (QED) is 0.0258. The number of methoxy groups -OCH3 is 2. The predicted molar refractivity (Wildman–Crippen MR) is 352 cm³/mol. The summed E-state index contributed by atoms with van der Waals surface area (Å²) in [5, 5.41) is 0. The summed E-state index contributed by atoms with van der Waals surface area (Å²) in [6.07, 6.45) is 13.2. The Morgan fingerprint density at radius 2 is 0.547 bits per heavy atom. The minimum Gasteiger partial charge on any atom is -0.469 e. The van der Waals surface area contributed by atoms with Gasteiger partial charge in [-0.2, -0.15) is 0 Å². The molecule has 0 aliphatic carbocycles. The maximum Gasteiger partial charge on any atom is 0.500 e. The molecule has 0 aromatic rings. The fourth-order valence-corrected chi connectivity index (χ4v) is 9.73. The molecule has 0 spiro atoms. The van der Waals surface area contributed by atoms with Crippen LogP contribution in [0.25, 0.3) is 0 Å². The Bertz CT molecular complexity index is 1640. The lowest BCUT2D eigenvalue weighted by atomic mass is 9.91. The molecule has 22 heteroatoms.